The number of carbonyl (C=O) groups excluding carboxylic acids is 1. The van der Waals surface area contributed by atoms with Crippen molar-refractivity contribution < 1.29 is 4.79 Å². The molecule has 2 aliphatic heterocycles. The van der Waals surface area contributed by atoms with Crippen LogP contribution in [0.5, 0.6) is 0 Å². The predicted octanol–water partition coefficient (Wildman–Crippen LogP) is 2.07. The van der Waals surface area contributed by atoms with Crippen molar-refractivity contribution in [3.8, 4) is 0 Å². The van der Waals surface area contributed by atoms with Crippen LogP contribution in [-0.2, 0) is 11.3 Å². The Balaban J connectivity index is 1.51. The van der Waals surface area contributed by atoms with Crippen LogP contribution in [-0.4, -0.2) is 45.4 Å². The summed E-state index contributed by atoms with van der Waals surface area (Å²) in [6.07, 6.45) is 7.67. The minimum absolute atomic E-state index is 0.355. The highest BCUT2D eigenvalue weighted by molar-refractivity contribution is 6.31. The largest absolute Gasteiger partial charge is 0.335 e. The van der Waals surface area contributed by atoms with Crippen molar-refractivity contribution in [2.75, 3.05) is 6.54 Å². The number of hydrogen-bond donors (Lipinski definition) is 0. The molecule has 3 aliphatic rings. The predicted molar refractivity (Wildman–Crippen MR) is 76.3 cm³/mol. The molecule has 2 saturated heterocycles. The molecule has 0 spiro atoms. The molecule has 106 valence electrons. The van der Waals surface area contributed by atoms with Gasteiger partial charge in [-0.05, 0) is 30.9 Å². The summed E-state index contributed by atoms with van der Waals surface area (Å²) < 4.78 is 0. The molecule has 3 heterocycles. The Kier molecular flexibility index (Phi) is 2.97. The number of rotatable bonds is 3. The minimum atomic E-state index is 0.355. The first-order valence-electron chi connectivity index (χ1n) is 7.37. The average molecular weight is 292 g/mol. The Bertz CT molecular complexity index is 546. The molecule has 1 amide bonds. The van der Waals surface area contributed by atoms with Crippen molar-refractivity contribution in [3.05, 3.63) is 29.0 Å². The smallest absolute Gasteiger partial charge is 0.224 e. The maximum absolute atomic E-state index is 12.2. The summed E-state index contributed by atoms with van der Waals surface area (Å²) in [7, 11) is 0. The summed E-state index contributed by atoms with van der Waals surface area (Å²) in [4.78, 5) is 20.8. The van der Waals surface area contributed by atoms with Crippen LogP contribution in [0.3, 0.4) is 0 Å². The van der Waals surface area contributed by atoms with Crippen LogP contribution >= 0.6 is 11.6 Å². The quantitative estimate of drug-likeness (QED) is 0.855. The second-order valence-electron chi connectivity index (χ2n) is 6.10. The zero-order valence-electron chi connectivity index (χ0n) is 11.3. The molecule has 0 bridgehead atoms. The number of carbonyl (C=O) groups is 1. The van der Waals surface area contributed by atoms with Gasteiger partial charge in [-0.25, -0.2) is 0 Å². The van der Waals surface area contributed by atoms with Gasteiger partial charge in [0.25, 0.3) is 0 Å². The highest BCUT2D eigenvalue weighted by atomic mass is 35.5. The highest BCUT2D eigenvalue weighted by Gasteiger charge is 2.50. The maximum Gasteiger partial charge on any atom is 0.224 e. The summed E-state index contributed by atoms with van der Waals surface area (Å²) in [5.41, 5.74) is 1.11. The molecule has 3 fully saturated rings. The summed E-state index contributed by atoms with van der Waals surface area (Å²) in [5, 5.41) is 0.722. The van der Waals surface area contributed by atoms with Crippen molar-refractivity contribution in [1.29, 1.82) is 0 Å². The fourth-order valence-corrected chi connectivity index (χ4v) is 3.91. The lowest BCUT2D eigenvalue weighted by atomic mass is 10.1. The minimum Gasteiger partial charge on any atom is -0.335 e. The van der Waals surface area contributed by atoms with E-state index in [1.54, 1.807) is 12.4 Å². The van der Waals surface area contributed by atoms with Gasteiger partial charge in [0.05, 0.1) is 5.02 Å². The number of halogens is 1. The number of fused-ring (bicyclic) bond motifs is 1. The molecule has 1 aromatic heterocycles. The normalized spacial score (nSPS) is 30.1. The lowest BCUT2D eigenvalue weighted by Gasteiger charge is -2.25. The topological polar surface area (TPSA) is 36.4 Å². The Morgan fingerprint density at radius 3 is 2.90 bits per heavy atom. The van der Waals surface area contributed by atoms with Gasteiger partial charge < -0.3 is 4.90 Å². The fourth-order valence-electron chi connectivity index (χ4n) is 3.73. The Hall–Kier alpha value is -1.13. The van der Waals surface area contributed by atoms with Gasteiger partial charge in [-0.2, -0.15) is 0 Å². The van der Waals surface area contributed by atoms with Crippen LogP contribution in [0.4, 0.5) is 0 Å². The van der Waals surface area contributed by atoms with E-state index in [0.29, 0.717) is 30.5 Å². The molecule has 4 rings (SSSR count). The van der Waals surface area contributed by atoms with Gasteiger partial charge in [0.2, 0.25) is 5.91 Å². The third kappa shape index (κ3) is 2.02. The van der Waals surface area contributed by atoms with E-state index in [0.717, 1.165) is 30.1 Å². The molecule has 1 aromatic rings. The zero-order chi connectivity index (χ0) is 13.7. The first-order chi connectivity index (χ1) is 9.74. The molecule has 4 nitrogen and oxygen atoms in total. The van der Waals surface area contributed by atoms with Crippen LogP contribution in [0.1, 0.15) is 31.2 Å². The number of likely N-dealkylation sites (tertiary alicyclic amines) is 2. The van der Waals surface area contributed by atoms with Gasteiger partial charge >= 0.3 is 0 Å². The molecule has 1 saturated carbocycles. The summed E-state index contributed by atoms with van der Waals surface area (Å²) >= 11 is 6.20. The molecule has 2 atom stereocenters. The first kappa shape index (κ1) is 12.6. The van der Waals surface area contributed by atoms with E-state index >= 15 is 0 Å². The lowest BCUT2D eigenvalue weighted by Crippen LogP contribution is -2.38. The molecule has 0 radical (unpaired) electrons. The average Bonchev–Trinajstić information content (AvgIpc) is 3.11. The van der Waals surface area contributed by atoms with Gasteiger partial charge in [0.1, 0.15) is 0 Å². The van der Waals surface area contributed by atoms with E-state index in [1.165, 1.54) is 12.8 Å². The number of nitrogens with zero attached hydrogens (tertiary/aromatic N) is 3. The summed E-state index contributed by atoms with van der Waals surface area (Å²) in [6, 6.07) is 3.34. The molecule has 5 heteroatoms. The monoisotopic (exact) mass is 291 g/mol. The SMILES string of the molecule is O=C1C[C@H]2[C@H](CCN2Cc2ccncc2Cl)N1C1CC1. The van der Waals surface area contributed by atoms with Crippen LogP contribution < -0.4 is 0 Å². The molecule has 1 aliphatic carbocycles. The lowest BCUT2D eigenvalue weighted by molar-refractivity contribution is -0.129. The van der Waals surface area contributed by atoms with E-state index < -0.39 is 0 Å². The third-order valence-corrected chi connectivity index (χ3v) is 5.16. The van der Waals surface area contributed by atoms with E-state index in [2.05, 4.69) is 14.8 Å². The zero-order valence-corrected chi connectivity index (χ0v) is 12.1. The highest BCUT2D eigenvalue weighted by Crippen LogP contribution is 2.40. The molecule has 0 N–H and O–H groups in total. The van der Waals surface area contributed by atoms with E-state index in [4.69, 9.17) is 11.6 Å². The van der Waals surface area contributed by atoms with Crippen LogP contribution in [0, 0.1) is 0 Å². The maximum atomic E-state index is 12.2. The van der Waals surface area contributed by atoms with Gasteiger partial charge in [0, 0.05) is 50.0 Å². The summed E-state index contributed by atoms with van der Waals surface area (Å²) in [6.45, 7) is 1.89. The molecule has 0 aromatic carbocycles. The Morgan fingerprint density at radius 1 is 1.30 bits per heavy atom. The number of hydrogen-bond acceptors (Lipinski definition) is 3. The van der Waals surface area contributed by atoms with Crippen LogP contribution in [0.25, 0.3) is 0 Å². The fraction of sp³-hybridized carbons (Fsp3) is 0.600. The first-order valence-corrected chi connectivity index (χ1v) is 7.75. The van der Waals surface area contributed by atoms with Crippen molar-refractivity contribution in [2.24, 2.45) is 0 Å². The second-order valence-corrected chi connectivity index (χ2v) is 6.50. The van der Waals surface area contributed by atoms with Crippen molar-refractivity contribution in [2.45, 2.75) is 50.4 Å². The van der Waals surface area contributed by atoms with Crippen molar-refractivity contribution in [1.82, 2.24) is 14.8 Å². The van der Waals surface area contributed by atoms with Gasteiger partial charge in [0.15, 0.2) is 0 Å². The van der Waals surface area contributed by atoms with Gasteiger partial charge in [-0.1, -0.05) is 11.6 Å². The van der Waals surface area contributed by atoms with Gasteiger partial charge in [-0.15, -0.1) is 0 Å². The Labute approximate surface area is 123 Å². The number of pyridine rings is 1. The van der Waals surface area contributed by atoms with E-state index in [-0.39, 0.29) is 0 Å². The number of aromatic nitrogens is 1. The molecular formula is C15H18ClN3O. The van der Waals surface area contributed by atoms with Crippen molar-refractivity contribution in [3.63, 3.8) is 0 Å². The Morgan fingerprint density at radius 2 is 2.15 bits per heavy atom. The summed E-state index contributed by atoms with van der Waals surface area (Å²) in [5.74, 6) is 0.355. The third-order valence-electron chi connectivity index (χ3n) is 4.82. The number of amides is 1. The molecular weight excluding hydrogens is 274 g/mol. The van der Waals surface area contributed by atoms with Gasteiger partial charge in [-0.3, -0.25) is 14.7 Å². The van der Waals surface area contributed by atoms with E-state index in [1.807, 2.05) is 6.07 Å². The molecule has 20 heavy (non-hydrogen) atoms. The van der Waals surface area contributed by atoms with Crippen LogP contribution in [0.15, 0.2) is 18.5 Å². The van der Waals surface area contributed by atoms with Crippen molar-refractivity contribution >= 4 is 17.5 Å². The van der Waals surface area contributed by atoms with E-state index in [9.17, 15) is 4.79 Å². The van der Waals surface area contributed by atoms with Crippen LogP contribution in [0.2, 0.25) is 5.02 Å². The molecule has 0 unspecified atom stereocenters. The second kappa shape index (κ2) is 4.71. The standard InChI is InChI=1S/C15H18ClN3O/c16-12-8-17-5-3-10(12)9-18-6-4-13-14(18)7-15(20)19(13)11-1-2-11/h3,5,8,11,13-14H,1-2,4,6-7,9H2/t13-,14-/m0/s1.